The Labute approximate surface area is 101 Å². The smallest absolute Gasteiger partial charge is 0.327 e. The second-order valence-electron chi connectivity index (χ2n) is 3.13. The molecule has 1 amide bonds. The maximum absolute atomic E-state index is 11.3. The molecule has 0 saturated heterocycles. The van der Waals surface area contributed by atoms with Crippen LogP contribution in [0.15, 0.2) is 22.2 Å². The average molecular weight is 257 g/mol. The molecule has 17 heavy (non-hydrogen) atoms. The van der Waals surface area contributed by atoms with Gasteiger partial charge in [0.2, 0.25) is 5.91 Å². The summed E-state index contributed by atoms with van der Waals surface area (Å²) >= 11 is 0.975. The Balaban J connectivity index is 2.64. The number of amides is 1. The van der Waals surface area contributed by atoms with Gasteiger partial charge in [0.05, 0.1) is 0 Å². The van der Waals surface area contributed by atoms with Gasteiger partial charge >= 0.3 is 5.97 Å². The zero-order chi connectivity index (χ0) is 12.8. The molecule has 0 saturated carbocycles. The van der Waals surface area contributed by atoms with E-state index in [0.717, 1.165) is 11.8 Å². The summed E-state index contributed by atoms with van der Waals surface area (Å²) in [7, 11) is 0. The summed E-state index contributed by atoms with van der Waals surface area (Å²) in [5.41, 5.74) is -0.385. The predicted octanol–water partition coefficient (Wildman–Crippen LogP) is -0.549. The first kappa shape index (κ1) is 13.2. The second-order valence-corrected chi connectivity index (χ2v) is 4.13. The number of aliphatic carboxylic acids is 1. The topological polar surface area (TPSA) is 112 Å². The number of hydrogen-bond donors (Lipinski definition) is 3. The first-order valence-corrected chi connectivity index (χ1v) is 5.65. The van der Waals surface area contributed by atoms with Crippen molar-refractivity contribution in [2.24, 2.45) is 0 Å². The Hall–Kier alpha value is -1.83. The minimum atomic E-state index is -1.15. The fourth-order valence-electron chi connectivity index (χ4n) is 1.02. The van der Waals surface area contributed by atoms with Crippen molar-refractivity contribution >= 4 is 23.6 Å². The first-order valence-electron chi connectivity index (χ1n) is 4.67. The SMILES string of the molecule is CC(=O)NC(CSc1ncc[nH]c1=O)C(=O)O. The molecule has 0 aliphatic carbocycles. The van der Waals surface area contributed by atoms with E-state index >= 15 is 0 Å². The van der Waals surface area contributed by atoms with E-state index in [2.05, 4.69) is 15.3 Å². The van der Waals surface area contributed by atoms with Gasteiger partial charge in [0.1, 0.15) is 6.04 Å². The number of H-pyrrole nitrogens is 1. The number of carboxylic acid groups (broad SMARTS) is 1. The van der Waals surface area contributed by atoms with Gasteiger partial charge in [0.25, 0.3) is 5.56 Å². The molecule has 1 aromatic heterocycles. The van der Waals surface area contributed by atoms with Crippen molar-refractivity contribution in [3.05, 3.63) is 22.7 Å². The fraction of sp³-hybridized carbons (Fsp3) is 0.333. The summed E-state index contributed by atoms with van der Waals surface area (Å²) in [6, 6.07) is -1.04. The van der Waals surface area contributed by atoms with Crippen LogP contribution in [0.2, 0.25) is 0 Å². The van der Waals surface area contributed by atoms with E-state index in [9.17, 15) is 14.4 Å². The van der Waals surface area contributed by atoms with E-state index in [1.165, 1.54) is 19.3 Å². The monoisotopic (exact) mass is 257 g/mol. The highest BCUT2D eigenvalue weighted by Gasteiger charge is 2.19. The zero-order valence-corrected chi connectivity index (χ0v) is 9.78. The number of carbonyl (C=O) groups is 2. The quantitative estimate of drug-likeness (QED) is 0.610. The Morgan fingerprint density at radius 1 is 1.65 bits per heavy atom. The summed E-state index contributed by atoms with van der Waals surface area (Å²) in [4.78, 5) is 39.0. The maximum Gasteiger partial charge on any atom is 0.327 e. The minimum Gasteiger partial charge on any atom is -0.480 e. The van der Waals surface area contributed by atoms with Gasteiger partial charge in [-0.3, -0.25) is 9.59 Å². The van der Waals surface area contributed by atoms with Crippen molar-refractivity contribution in [3.63, 3.8) is 0 Å². The van der Waals surface area contributed by atoms with Crippen LogP contribution in [0, 0.1) is 0 Å². The van der Waals surface area contributed by atoms with Gasteiger partial charge in [-0.05, 0) is 0 Å². The lowest BCUT2D eigenvalue weighted by atomic mass is 10.3. The molecule has 0 aromatic carbocycles. The highest BCUT2D eigenvalue weighted by atomic mass is 32.2. The molecule has 1 atom stereocenters. The van der Waals surface area contributed by atoms with Crippen LogP contribution in [-0.4, -0.2) is 38.7 Å². The second kappa shape index (κ2) is 6.04. The van der Waals surface area contributed by atoms with E-state index in [-0.39, 0.29) is 16.3 Å². The van der Waals surface area contributed by atoms with Crippen molar-refractivity contribution in [3.8, 4) is 0 Å². The van der Waals surface area contributed by atoms with E-state index in [1.54, 1.807) is 0 Å². The summed E-state index contributed by atoms with van der Waals surface area (Å²) in [5, 5.41) is 11.3. The van der Waals surface area contributed by atoms with Crippen LogP contribution in [0.4, 0.5) is 0 Å². The van der Waals surface area contributed by atoms with Crippen LogP contribution in [0.5, 0.6) is 0 Å². The molecule has 0 aliphatic rings. The summed E-state index contributed by atoms with van der Waals surface area (Å²) < 4.78 is 0. The lowest BCUT2D eigenvalue weighted by molar-refractivity contribution is -0.140. The molecule has 0 fully saturated rings. The van der Waals surface area contributed by atoms with Crippen LogP contribution >= 0.6 is 11.8 Å². The maximum atomic E-state index is 11.3. The highest BCUT2D eigenvalue weighted by molar-refractivity contribution is 7.99. The van der Waals surface area contributed by atoms with Gasteiger partial charge in [-0.25, -0.2) is 9.78 Å². The van der Waals surface area contributed by atoms with E-state index in [0.29, 0.717) is 0 Å². The highest BCUT2D eigenvalue weighted by Crippen LogP contribution is 2.10. The van der Waals surface area contributed by atoms with Crippen LogP contribution < -0.4 is 10.9 Å². The van der Waals surface area contributed by atoms with E-state index in [4.69, 9.17) is 5.11 Å². The number of carbonyl (C=O) groups excluding carboxylic acids is 1. The van der Waals surface area contributed by atoms with Crippen LogP contribution in [0.25, 0.3) is 0 Å². The molecule has 1 unspecified atom stereocenters. The van der Waals surface area contributed by atoms with Crippen LogP contribution in [0.1, 0.15) is 6.92 Å². The molecule has 1 heterocycles. The molecule has 8 heteroatoms. The van der Waals surface area contributed by atoms with Gasteiger partial charge in [-0.15, -0.1) is 0 Å². The van der Waals surface area contributed by atoms with Crippen molar-refractivity contribution in [1.82, 2.24) is 15.3 Å². The molecule has 0 bridgehead atoms. The molecule has 1 rings (SSSR count). The number of thioether (sulfide) groups is 1. The van der Waals surface area contributed by atoms with Gasteiger partial charge in [0, 0.05) is 25.1 Å². The minimum absolute atomic E-state index is 0.0367. The number of nitrogens with one attached hydrogen (secondary N) is 2. The Kier molecular flexibility index (Phi) is 4.70. The number of rotatable bonds is 5. The third-order valence-corrected chi connectivity index (χ3v) is 2.80. The molecule has 92 valence electrons. The molecule has 0 aliphatic heterocycles. The fourth-order valence-corrected chi connectivity index (χ4v) is 1.90. The number of hydrogen-bond acceptors (Lipinski definition) is 5. The first-order chi connectivity index (χ1) is 8.00. The van der Waals surface area contributed by atoms with Crippen molar-refractivity contribution in [1.29, 1.82) is 0 Å². The normalized spacial score (nSPS) is 11.8. The third-order valence-electron chi connectivity index (χ3n) is 1.74. The summed E-state index contributed by atoms with van der Waals surface area (Å²) in [6.07, 6.45) is 2.78. The van der Waals surface area contributed by atoms with Crippen molar-refractivity contribution < 1.29 is 14.7 Å². The average Bonchev–Trinajstić information content (AvgIpc) is 2.25. The largest absolute Gasteiger partial charge is 0.480 e. The molecule has 3 N–H and O–H groups in total. The number of aromatic nitrogens is 2. The van der Waals surface area contributed by atoms with E-state index < -0.39 is 17.9 Å². The summed E-state index contributed by atoms with van der Waals surface area (Å²) in [5.74, 6) is -1.55. The predicted molar refractivity (Wildman–Crippen MR) is 60.8 cm³/mol. The lowest BCUT2D eigenvalue weighted by Crippen LogP contribution is -2.41. The van der Waals surface area contributed by atoms with Gasteiger partial charge in [0.15, 0.2) is 5.03 Å². The number of aromatic amines is 1. The van der Waals surface area contributed by atoms with Gasteiger partial charge < -0.3 is 15.4 Å². The van der Waals surface area contributed by atoms with Gasteiger partial charge in [-0.2, -0.15) is 0 Å². The Bertz CT molecular complexity index is 473. The van der Waals surface area contributed by atoms with Crippen molar-refractivity contribution in [2.75, 3.05) is 5.75 Å². The van der Waals surface area contributed by atoms with Gasteiger partial charge in [-0.1, -0.05) is 11.8 Å². The number of nitrogens with zero attached hydrogens (tertiary/aromatic N) is 1. The Morgan fingerprint density at radius 3 is 2.88 bits per heavy atom. The molecular weight excluding hydrogens is 246 g/mol. The molecule has 1 aromatic rings. The number of carboxylic acids is 1. The standard InChI is InChI=1S/C9H11N3O4S/c1-5(13)12-6(9(15)16)4-17-8-7(14)10-2-3-11-8/h2-3,6H,4H2,1H3,(H,10,14)(H,12,13)(H,15,16). The molecule has 7 nitrogen and oxygen atoms in total. The third kappa shape index (κ3) is 4.27. The zero-order valence-electron chi connectivity index (χ0n) is 8.97. The van der Waals surface area contributed by atoms with E-state index in [1.807, 2.05) is 0 Å². The molecule has 0 spiro atoms. The van der Waals surface area contributed by atoms with Crippen LogP contribution in [-0.2, 0) is 9.59 Å². The Morgan fingerprint density at radius 2 is 2.35 bits per heavy atom. The van der Waals surface area contributed by atoms with Crippen LogP contribution in [0.3, 0.4) is 0 Å². The lowest BCUT2D eigenvalue weighted by Gasteiger charge is -2.11. The molecular formula is C9H11N3O4S. The van der Waals surface area contributed by atoms with Crippen molar-refractivity contribution in [2.45, 2.75) is 18.0 Å². The summed E-state index contributed by atoms with van der Waals surface area (Å²) in [6.45, 7) is 1.23. The molecule has 0 radical (unpaired) electrons.